The Morgan fingerprint density at radius 1 is 1.03 bits per heavy atom. The number of anilines is 1. The Kier molecular flexibility index (Phi) is 5.66. The number of carbonyl (C=O) groups excluding carboxylic acids is 2. The van der Waals surface area contributed by atoms with Gasteiger partial charge in [0.25, 0.3) is 5.56 Å². The van der Waals surface area contributed by atoms with E-state index in [-0.39, 0.29) is 29.9 Å². The quantitative estimate of drug-likeness (QED) is 0.700. The predicted molar refractivity (Wildman–Crippen MR) is 114 cm³/mol. The molecule has 1 saturated heterocycles. The molecule has 3 aromatic rings. The zero-order valence-electron chi connectivity index (χ0n) is 17.0. The molecule has 160 valence electrons. The first-order chi connectivity index (χ1) is 14.9. The van der Waals surface area contributed by atoms with Gasteiger partial charge < -0.3 is 15.1 Å². The molecular weight excluding hydrogens is 401 g/mol. The summed E-state index contributed by atoms with van der Waals surface area (Å²) in [5.74, 6) is -0.574. The zero-order chi connectivity index (χ0) is 22.0. The van der Waals surface area contributed by atoms with Crippen molar-refractivity contribution in [3.63, 3.8) is 0 Å². The van der Waals surface area contributed by atoms with Crippen LogP contribution in [0.15, 0.2) is 53.6 Å². The van der Waals surface area contributed by atoms with Crippen LogP contribution >= 0.6 is 0 Å². The van der Waals surface area contributed by atoms with Crippen LogP contribution in [0.5, 0.6) is 0 Å². The summed E-state index contributed by atoms with van der Waals surface area (Å²) in [5, 5.41) is 3.20. The third-order valence-corrected chi connectivity index (χ3v) is 5.38. The Hall–Kier alpha value is -3.75. The molecule has 0 aliphatic carbocycles. The molecule has 0 spiro atoms. The molecule has 2 heterocycles. The van der Waals surface area contributed by atoms with Crippen LogP contribution in [-0.2, 0) is 11.3 Å². The maximum Gasteiger partial charge on any atom is 0.321 e. The highest BCUT2D eigenvalue weighted by Gasteiger charge is 2.24. The minimum atomic E-state index is -0.374. The minimum absolute atomic E-state index is 0.0997. The number of piperazine rings is 1. The molecule has 0 atom stereocenters. The standard InChI is InChI=1S/C22H22FN5O3/c1-15-3-2-4-18-20(15)24-14-28(21(18)30)13-19(29)26-9-11-27(12-10-26)22(31)25-17-7-5-16(23)6-8-17/h2-8,14H,9-13H2,1H3,(H,25,31). The van der Waals surface area contributed by atoms with Crippen LogP contribution in [0, 0.1) is 12.7 Å². The van der Waals surface area contributed by atoms with Gasteiger partial charge in [-0.1, -0.05) is 12.1 Å². The number of aryl methyl sites for hydroxylation is 1. The van der Waals surface area contributed by atoms with Crippen molar-refractivity contribution in [3.8, 4) is 0 Å². The summed E-state index contributed by atoms with van der Waals surface area (Å²) >= 11 is 0. The van der Waals surface area contributed by atoms with E-state index in [9.17, 15) is 18.8 Å². The molecular formula is C22H22FN5O3. The lowest BCUT2D eigenvalue weighted by Gasteiger charge is -2.34. The summed E-state index contributed by atoms with van der Waals surface area (Å²) in [4.78, 5) is 45.3. The summed E-state index contributed by atoms with van der Waals surface area (Å²) in [6.45, 7) is 3.24. The average molecular weight is 423 g/mol. The van der Waals surface area contributed by atoms with Crippen molar-refractivity contribution < 1.29 is 14.0 Å². The van der Waals surface area contributed by atoms with Crippen molar-refractivity contribution in [2.75, 3.05) is 31.5 Å². The number of rotatable bonds is 3. The molecule has 1 aliphatic heterocycles. The third-order valence-electron chi connectivity index (χ3n) is 5.38. The Morgan fingerprint density at radius 2 is 1.71 bits per heavy atom. The van der Waals surface area contributed by atoms with Gasteiger partial charge in [-0.15, -0.1) is 0 Å². The van der Waals surface area contributed by atoms with Crippen LogP contribution in [0.2, 0.25) is 0 Å². The Balaban J connectivity index is 1.36. The number of halogens is 1. The van der Waals surface area contributed by atoms with Crippen molar-refractivity contribution in [2.45, 2.75) is 13.5 Å². The van der Waals surface area contributed by atoms with Crippen molar-refractivity contribution in [3.05, 3.63) is 70.5 Å². The normalized spacial score (nSPS) is 14.0. The molecule has 1 N–H and O–H groups in total. The fourth-order valence-corrected chi connectivity index (χ4v) is 3.59. The molecule has 0 radical (unpaired) electrons. The molecule has 1 aliphatic rings. The highest BCUT2D eigenvalue weighted by Crippen LogP contribution is 2.13. The molecule has 1 fully saturated rings. The second-order valence-corrected chi connectivity index (χ2v) is 7.45. The second kappa shape index (κ2) is 8.55. The van der Waals surface area contributed by atoms with E-state index in [1.165, 1.54) is 35.2 Å². The van der Waals surface area contributed by atoms with Crippen LogP contribution < -0.4 is 10.9 Å². The molecule has 4 rings (SSSR count). The maximum atomic E-state index is 13.0. The first-order valence-electron chi connectivity index (χ1n) is 9.96. The number of amides is 3. The van der Waals surface area contributed by atoms with Gasteiger partial charge in [0, 0.05) is 31.9 Å². The molecule has 8 nitrogen and oxygen atoms in total. The smallest absolute Gasteiger partial charge is 0.321 e. The molecule has 3 amide bonds. The van der Waals surface area contributed by atoms with Gasteiger partial charge in [0.2, 0.25) is 5.91 Å². The SMILES string of the molecule is Cc1cccc2c(=O)n(CC(=O)N3CCN(C(=O)Nc4ccc(F)cc4)CC3)cnc12. The van der Waals surface area contributed by atoms with E-state index in [4.69, 9.17) is 0 Å². The summed E-state index contributed by atoms with van der Waals surface area (Å²) < 4.78 is 14.3. The first-order valence-corrected chi connectivity index (χ1v) is 9.96. The van der Waals surface area contributed by atoms with E-state index >= 15 is 0 Å². The predicted octanol–water partition coefficient (Wildman–Crippen LogP) is 2.22. The average Bonchev–Trinajstić information content (AvgIpc) is 2.78. The van der Waals surface area contributed by atoms with Crippen LogP contribution in [0.4, 0.5) is 14.9 Å². The van der Waals surface area contributed by atoms with Crippen LogP contribution in [0.1, 0.15) is 5.56 Å². The number of hydrogen-bond acceptors (Lipinski definition) is 4. The largest absolute Gasteiger partial charge is 0.338 e. The second-order valence-electron chi connectivity index (χ2n) is 7.45. The van der Waals surface area contributed by atoms with Crippen LogP contribution in [-0.4, -0.2) is 57.5 Å². The van der Waals surface area contributed by atoms with Gasteiger partial charge in [-0.3, -0.25) is 14.2 Å². The fraction of sp³-hybridized carbons (Fsp3) is 0.273. The van der Waals surface area contributed by atoms with Crippen molar-refractivity contribution in [1.29, 1.82) is 0 Å². The van der Waals surface area contributed by atoms with Gasteiger partial charge in [0.1, 0.15) is 12.4 Å². The molecule has 0 bridgehead atoms. The molecule has 31 heavy (non-hydrogen) atoms. The number of urea groups is 1. The monoisotopic (exact) mass is 423 g/mol. The summed E-state index contributed by atoms with van der Waals surface area (Å²) in [6, 6.07) is 10.6. The van der Waals surface area contributed by atoms with E-state index in [0.717, 1.165) is 5.56 Å². The number of nitrogens with one attached hydrogen (secondary N) is 1. The summed E-state index contributed by atoms with van der Waals surface area (Å²) in [6.07, 6.45) is 1.40. The van der Waals surface area contributed by atoms with Gasteiger partial charge in [-0.2, -0.15) is 0 Å². The number of aromatic nitrogens is 2. The lowest BCUT2D eigenvalue weighted by molar-refractivity contribution is -0.133. The topological polar surface area (TPSA) is 87.5 Å². The summed E-state index contributed by atoms with van der Waals surface area (Å²) in [5.41, 5.74) is 1.79. The fourth-order valence-electron chi connectivity index (χ4n) is 3.59. The van der Waals surface area contributed by atoms with Crippen molar-refractivity contribution >= 4 is 28.5 Å². The van der Waals surface area contributed by atoms with Crippen LogP contribution in [0.25, 0.3) is 10.9 Å². The van der Waals surface area contributed by atoms with Crippen molar-refractivity contribution in [2.24, 2.45) is 0 Å². The van der Waals surface area contributed by atoms with E-state index < -0.39 is 0 Å². The molecule has 0 unspecified atom stereocenters. The number of hydrogen-bond donors (Lipinski definition) is 1. The van der Waals surface area contributed by atoms with E-state index in [1.54, 1.807) is 21.9 Å². The number of carbonyl (C=O) groups is 2. The van der Waals surface area contributed by atoms with E-state index in [2.05, 4.69) is 10.3 Å². The number of fused-ring (bicyclic) bond motifs is 1. The third kappa shape index (κ3) is 4.40. The number of nitrogens with zero attached hydrogens (tertiary/aromatic N) is 4. The van der Waals surface area contributed by atoms with Gasteiger partial charge in [0.05, 0.1) is 17.2 Å². The Bertz CT molecular complexity index is 1180. The maximum absolute atomic E-state index is 13.0. The first kappa shape index (κ1) is 20.5. The highest BCUT2D eigenvalue weighted by molar-refractivity contribution is 5.89. The zero-order valence-corrected chi connectivity index (χ0v) is 17.0. The van der Waals surface area contributed by atoms with E-state index in [0.29, 0.717) is 42.8 Å². The lowest BCUT2D eigenvalue weighted by Crippen LogP contribution is -2.52. The van der Waals surface area contributed by atoms with Crippen molar-refractivity contribution in [1.82, 2.24) is 19.4 Å². The number of benzene rings is 2. The van der Waals surface area contributed by atoms with E-state index in [1.807, 2.05) is 13.0 Å². The van der Waals surface area contributed by atoms with Gasteiger partial charge in [-0.05, 0) is 42.8 Å². The minimum Gasteiger partial charge on any atom is -0.338 e. The van der Waals surface area contributed by atoms with Gasteiger partial charge >= 0.3 is 6.03 Å². The molecule has 9 heteroatoms. The van der Waals surface area contributed by atoms with Gasteiger partial charge in [-0.25, -0.2) is 14.2 Å². The van der Waals surface area contributed by atoms with Crippen LogP contribution in [0.3, 0.4) is 0 Å². The Labute approximate surface area is 177 Å². The highest BCUT2D eigenvalue weighted by atomic mass is 19.1. The molecule has 2 aromatic carbocycles. The summed E-state index contributed by atoms with van der Waals surface area (Å²) in [7, 11) is 0. The Morgan fingerprint density at radius 3 is 2.42 bits per heavy atom. The molecule has 1 aromatic heterocycles. The number of para-hydroxylation sites is 1. The molecule has 0 saturated carbocycles. The van der Waals surface area contributed by atoms with Gasteiger partial charge in [0.15, 0.2) is 0 Å². The lowest BCUT2D eigenvalue weighted by atomic mass is 10.1.